The number of hydrogen-bond acceptors (Lipinski definition) is 8. The topological polar surface area (TPSA) is 89.5 Å². The number of carbonyl (C=O) groups is 1. The van der Waals surface area contributed by atoms with E-state index in [2.05, 4.69) is 14.2 Å². The molecular formula is C16H14F3N3O4S2. The zero-order valence-electron chi connectivity index (χ0n) is 14.4. The molecule has 2 heterocycles. The third-order valence-electron chi connectivity index (χ3n) is 3.89. The number of rotatable bonds is 5. The Hall–Kier alpha value is -2.34. The van der Waals surface area contributed by atoms with Gasteiger partial charge in [0.05, 0.1) is 0 Å². The molecule has 1 aliphatic heterocycles. The fraction of sp³-hybridized carbons (Fsp3) is 0.312. The summed E-state index contributed by atoms with van der Waals surface area (Å²) in [6, 6.07) is 9.17. The number of nitrogens with zero attached hydrogens (tertiary/aromatic N) is 3. The van der Waals surface area contributed by atoms with Crippen LogP contribution in [0.4, 0.5) is 19.0 Å². The zero-order chi connectivity index (χ0) is 20.5. The largest absolute Gasteiger partial charge is 0.534 e. The van der Waals surface area contributed by atoms with Gasteiger partial charge in [-0.25, -0.2) is 4.98 Å². The van der Waals surface area contributed by atoms with Gasteiger partial charge in [0, 0.05) is 19.5 Å². The van der Waals surface area contributed by atoms with E-state index in [9.17, 15) is 26.4 Å². The summed E-state index contributed by atoms with van der Waals surface area (Å²) in [5, 5.41) is -0.0149. The van der Waals surface area contributed by atoms with Crippen LogP contribution in [0.2, 0.25) is 0 Å². The Bertz CT molecular complexity index is 998. The summed E-state index contributed by atoms with van der Waals surface area (Å²) in [5.41, 5.74) is -5.13. The minimum Gasteiger partial charge on any atom is -0.354 e. The van der Waals surface area contributed by atoms with Crippen LogP contribution in [0.5, 0.6) is 5.88 Å². The molecule has 2 aromatic rings. The van der Waals surface area contributed by atoms with Crippen LogP contribution in [0.3, 0.4) is 0 Å². The van der Waals surface area contributed by atoms with Crippen molar-refractivity contribution < 1.29 is 30.6 Å². The number of aromatic nitrogens is 2. The summed E-state index contributed by atoms with van der Waals surface area (Å²) >= 11 is 0.983. The summed E-state index contributed by atoms with van der Waals surface area (Å²) in [5.74, 6) is -1.44. The van der Waals surface area contributed by atoms with Gasteiger partial charge in [-0.05, 0) is 11.8 Å². The van der Waals surface area contributed by atoms with Gasteiger partial charge in [0.1, 0.15) is 11.4 Å². The molecule has 28 heavy (non-hydrogen) atoms. The van der Waals surface area contributed by atoms with Crippen molar-refractivity contribution >= 4 is 33.5 Å². The third kappa shape index (κ3) is 4.07. The highest BCUT2D eigenvalue weighted by molar-refractivity contribution is 7.98. The molecule has 0 atom stereocenters. The Morgan fingerprint density at radius 3 is 2.50 bits per heavy atom. The van der Waals surface area contributed by atoms with Gasteiger partial charge in [-0.15, -0.1) is 0 Å². The van der Waals surface area contributed by atoms with Crippen molar-refractivity contribution in [1.29, 1.82) is 0 Å². The van der Waals surface area contributed by atoms with Crippen LogP contribution >= 0.6 is 11.8 Å². The molecule has 0 spiro atoms. The molecule has 0 bridgehead atoms. The number of halogens is 3. The molecule has 150 valence electrons. The van der Waals surface area contributed by atoms with Crippen molar-refractivity contribution in [2.75, 3.05) is 17.7 Å². The molecule has 0 radical (unpaired) electrons. The second-order valence-electron chi connectivity index (χ2n) is 5.78. The lowest BCUT2D eigenvalue weighted by Gasteiger charge is -2.30. The maximum Gasteiger partial charge on any atom is 0.534 e. The summed E-state index contributed by atoms with van der Waals surface area (Å²) in [7, 11) is -5.98. The summed E-state index contributed by atoms with van der Waals surface area (Å²) < 4.78 is 65.3. The van der Waals surface area contributed by atoms with Crippen molar-refractivity contribution in [3.63, 3.8) is 0 Å². The third-order valence-corrected chi connectivity index (χ3v) is 5.39. The van der Waals surface area contributed by atoms with Gasteiger partial charge in [-0.1, -0.05) is 42.1 Å². The maximum atomic E-state index is 12.7. The molecule has 12 heteroatoms. The molecule has 0 amide bonds. The lowest BCUT2D eigenvalue weighted by Crippen LogP contribution is -2.35. The first-order valence-corrected chi connectivity index (χ1v) is 10.5. The van der Waals surface area contributed by atoms with E-state index in [4.69, 9.17) is 0 Å². The maximum absolute atomic E-state index is 12.7. The number of benzene rings is 1. The van der Waals surface area contributed by atoms with Gasteiger partial charge >= 0.3 is 15.6 Å². The zero-order valence-corrected chi connectivity index (χ0v) is 16.1. The molecule has 7 nitrogen and oxygen atoms in total. The molecule has 1 aromatic carbocycles. The lowest BCUT2D eigenvalue weighted by molar-refractivity contribution is -0.0501. The average molecular weight is 433 g/mol. The van der Waals surface area contributed by atoms with Gasteiger partial charge in [-0.3, -0.25) is 4.79 Å². The van der Waals surface area contributed by atoms with Crippen LogP contribution in [0.1, 0.15) is 22.3 Å². The van der Waals surface area contributed by atoms with E-state index >= 15 is 0 Å². The minimum atomic E-state index is -5.98. The van der Waals surface area contributed by atoms with E-state index < -0.39 is 27.3 Å². The van der Waals surface area contributed by atoms with Gasteiger partial charge in [0.25, 0.3) is 5.88 Å². The minimum absolute atomic E-state index is 0.0149. The average Bonchev–Trinajstić information content (AvgIpc) is 2.63. The SMILES string of the molecule is CSc1nc(OS(=O)(=O)C(F)(F)F)c2c(n1)N(Cc1ccccc1)CCC2=O. The number of carbonyl (C=O) groups excluding carboxylic acids is 1. The summed E-state index contributed by atoms with van der Waals surface area (Å²) in [6.07, 6.45) is 1.53. The van der Waals surface area contributed by atoms with Crippen molar-refractivity contribution in [3.8, 4) is 5.88 Å². The molecule has 0 N–H and O–H groups in total. The molecule has 3 rings (SSSR count). The van der Waals surface area contributed by atoms with Crippen molar-refractivity contribution in [2.45, 2.75) is 23.6 Å². The van der Waals surface area contributed by atoms with E-state index in [1.165, 1.54) is 0 Å². The van der Waals surface area contributed by atoms with E-state index in [1.54, 1.807) is 11.2 Å². The van der Waals surface area contributed by atoms with Crippen molar-refractivity contribution in [3.05, 3.63) is 41.5 Å². The molecule has 0 saturated carbocycles. The standard InChI is InChI=1S/C16H14F3N3O4S2/c1-27-15-20-13-12(14(21-15)26-28(24,25)16(17,18)19)11(23)7-8-22(13)9-10-5-3-2-4-6-10/h2-6H,7-9H2,1H3. The van der Waals surface area contributed by atoms with Crippen LogP contribution in [0.15, 0.2) is 35.5 Å². The van der Waals surface area contributed by atoms with Crippen LogP contribution in [0.25, 0.3) is 0 Å². The highest BCUT2D eigenvalue weighted by atomic mass is 32.2. The molecule has 0 fully saturated rings. The molecule has 0 unspecified atom stereocenters. The molecule has 1 aromatic heterocycles. The van der Waals surface area contributed by atoms with E-state index in [1.807, 2.05) is 30.3 Å². The number of thioether (sulfide) groups is 1. The van der Waals surface area contributed by atoms with Gasteiger partial charge in [0.15, 0.2) is 10.9 Å². The number of anilines is 1. The quantitative estimate of drug-likeness (QED) is 0.308. The highest BCUT2D eigenvalue weighted by Crippen LogP contribution is 2.36. The summed E-state index contributed by atoms with van der Waals surface area (Å²) in [4.78, 5) is 22.0. The summed E-state index contributed by atoms with van der Waals surface area (Å²) in [6.45, 7) is 0.606. The number of alkyl halides is 3. The molecule has 0 aliphatic carbocycles. The van der Waals surface area contributed by atoms with Gasteiger partial charge < -0.3 is 9.08 Å². The number of fused-ring (bicyclic) bond motifs is 1. The van der Waals surface area contributed by atoms with Crippen molar-refractivity contribution in [2.24, 2.45) is 0 Å². The van der Waals surface area contributed by atoms with E-state index in [0.29, 0.717) is 6.54 Å². The fourth-order valence-electron chi connectivity index (χ4n) is 2.61. The molecule has 1 aliphatic rings. The molecular weight excluding hydrogens is 419 g/mol. The van der Waals surface area contributed by atoms with Gasteiger partial charge in [0.2, 0.25) is 0 Å². The highest BCUT2D eigenvalue weighted by Gasteiger charge is 2.49. The normalized spacial score (nSPS) is 14.7. The Labute approximate surface area is 163 Å². The first-order chi connectivity index (χ1) is 13.1. The Kier molecular flexibility index (Phi) is 5.53. The predicted molar refractivity (Wildman–Crippen MR) is 95.9 cm³/mol. The van der Waals surface area contributed by atoms with E-state index in [-0.39, 0.29) is 29.5 Å². The van der Waals surface area contributed by atoms with Crippen LogP contribution in [0, 0.1) is 0 Å². The lowest BCUT2D eigenvalue weighted by atomic mass is 10.0. The Morgan fingerprint density at radius 2 is 1.89 bits per heavy atom. The van der Waals surface area contributed by atoms with Crippen LogP contribution in [-0.4, -0.2) is 42.5 Å². The van der Waals surface area contributed by atoms with Crippen LogP contribution in [-0.2, 0) is 16.7 Å². The first-order valence-electron chi connectivity index (χ1n) is 7.91. The Balaban J connectivity index is 2.08. The smallest absolute Gasteiger partial charge is 0.354 e. The first kappa shape index (κ1) is 20.4. The van der Waals surface area contributed by atoms with E-state index in [0.717, 1.165) is 17.3 Å². The monoisotopic (exact) mass is 433 g/mol. The molecule has 0 saturated heterocycles. The van der Waals surface area contributed by atoms with Gasteiger partial charge in [-0.2, -0.15) is 26.6 Å². The second kappa shape index (κ2) is 7.59. The number of Topliss-reactive ketones (excluding diaryl/α,β-unsaturated/α-hetero) is 1. The second-order valence-corrected chi connectivity index (χ2v) is 8.09. The van der Waals surface area contributed by atoms with Crippen LogP contribution < -0.4 is 9.08 Å². The number of hydrogen-bond donors (Lipinski definition) is 0. The van der Waals surface area contributed by atoms with Crippen molar-refractivity contribution in [1.82, 2.24) is 9.97 Å². The fourth-order valence-corrected chi connectivity index (χ4v) is 3.39. The number of ketones is 1. The predicted octanol–water partition coefficient (Wildman–Crippen LogP) is 3.02. The Morgan fingerprint density at radius 1 is 1.21 bits per heavy atom.